The maximum atomic E-state index is 10.5. The van der Waals surface area contributed by atoms with E-state index in [1.165, 1.54) is 36.4 Å². The van der Waals surface area contributed by atoms with E-state index in [1.54, 1.807) is 24.3 Å². The van der Waals surface area contributed by atoms with Gasteiger partial charge in [0.05, 0.1) is 21.7 Å². The molecule has 0 aliphatic carbocycles. The number of halogens is 1. The highest BCUT2D eigenvalue weighted by molar-refractivity contribution is 7.86. The summed E-state index contributed by atoms with van der Waals surface area (Å²) in [5.74, 6) is 0. The van der Waals surface area contributed by atoms with Gasteiger partial charge in [-0.25, -0.2) is 4.98 Å². The third-order valence-electron chi connectivity index (χ3n) is 5.79. The number of rotatable bonds is 3. The fraction of sp³-hybridized carbons (Fsp3) is 0.292. The van der Waals surface area contributed by atoms with Gasteiger partial charge in [0, 0.05) is 18.6 Å². The SMILES string of the molecule is Cc1ccc(S(=O)(=O)O)cc1.Cc1ccc(S(=O)(=O)O)cc1.Clc1ccc(N2C[C@H]3NCC[C@H]32)cn1. The second-order valence-corrected chi connectivity index (χ2v) is 11.7. The van der Waals surface area contributed by atoms with E-state index in [0.29, 0.717) is 17.2 Å². The molecule has 0 spiro atoms. The van der Waals surface area contributed by atoms with Crippen LogP contribution < -0.4 is 10.2 Å². The molecule has 2 aliphatic heterocycles. The number of nitrogens with one attached hydrogen (secondary N) is 1. The number of pyridine rings is 1. The summed E-state index contributed by atoms with van der Waals surface area (Å²) in [4.78, 5) is 6.36. The van der Waals surface area contributed by atoms with Crippen LogP contribution in [0.4, 0.5) is 5.69 Å². The zero-order chi connectivity index (χ0) is 26.5. The number of nitrogens with zero attached hydrogens (tertiary/aromatic N) is 2. The van der Waals surface area contributed by atoms with Crippen molar-refractivity contribution in [2.24, 2.45) is 0 Å². The number of fused-ring (bicyclic) bond motifs is 1. The zero-order valence-corrected chi connectivity index (χ0v) is 22.1. The lowest BCUT2D eigenvalue weighted by Crippen LogP contribution is -2.61. The van der Waals surface area contributed by atoms with Gasteiger partial charge in [0.15, 0.2) is 0 Å². The Morgan fingerprint density at radius 1 is 0.861 bits per heavy atom. The Bertz CT molecular complexity index is 1290. The molecule has 36 heavy (non-hydrogen) atoms. The van der Waals surface area contributed by atoms with Crippen LogP contribution in [0.3, 0.4) is 0 Å². The molecule has 194 valence electrons. The van der Waals surface area contributed by atoms with Crippen molar-refractivity contribution in [1.82, 2.24) is 10.3 Å². The Balaban J connectivity index is 0.000000153. The van der Waals surface area contributed by atoms with Gasteiger partial charge in [0.1, 0.15) is 5.15 Å². The molecule has 5 rings (SSSR count). The number of hydrogen-bond acceptors (Lipinski definition) is 7. The van der Waals surface area contributed by atoms with E-state index in [9.17, 15) is 16.8 Å². The van der Waals surface area contributed by atoms with Crippen LogP contribution >= 0.6 is 11.6 Å². The molecule has 0 bridgehead atoms. The Labute approximate surface area is 216 Å². The lowest BCUT2D eigenvalue weighted by molar-refractivity contribution is 0.396. The fourth-order valence-electron chi connectivity index (χ4n) is 3.78. The first-order valence-electron chi connectivity index (χ1n) is 11.0. The Morgan fingerprint density at radius 2 is 1.36 bits per heavy atom. The average molecular weight is 554 g/mol. The lowest BCUT2D eigenvalue weighted by Gasteiger charge is -2.45. The van der Waals surface area contributed by atoms with Crippen molar-refractivity contribution in [3.8, 4) is 0 Å². The van der Waals surface area contributed by atoms with Gasteiger partial charge in [-0.1, -0.05) is 47.0 Å². The van der Waals surface area contributed by atoms with Crippen LogP contribution in [0.15, 0.2) is 76.7 Å². The molecule has 0 unspecified atom stereocenters. The van der Waals surface area contributed by atoms with E-state index in [-0.39, 0.29) is 9.79 Å². The largest absolute Gasteiger partial charge is 0.364 e. The van der Waals surface area contributed by atoms with Crippen LogP contribution in [0.5, 0.6) is 0 Å². The van der Waals surface area contributed by atoms with Crippen LogP contribution in [0, 0.1) is 13.8 Å². The smallest absolute Gasteiger partial charge is 0.294 e. The monoisotopic (exact) mass is 553 g/mol. The topological polar surface area (TPSA) is 137 Å². The molecule has 1 aromatic heterocycles. The van der Waals surface area contributed by atoms with Crippen LogP contribution in [0.25, 0.3) is 0 Å². The van der Waals surface area contributed by atoms with Crippen LogP contribution in [-0.4, -0.2) is 56.1 Å². The van der Waals surface area contributed by atoms with Gasteiger partial charge in [-0.2, -0.15) is 16.8 Å². The number of hydrogen-bond donors (Lipinski definition) is 3. The summed E-state index contributed by atoms with van der Waals surface area (Å²) in [7, 11) is -8.04. The first-order chi connectivity index (χ1) is 16.8. The molecule has 3 aromatic rings. The van der Waals surface area contributed by atoms with Crippen molar-refractivity contribution in [2.45, 2.75) is 42.1 Å². The summed E-state index contributed by atoms with van der Waals surface area (Å²) in [5.41, 5.74) is 3.11. The third-order valence-corrected chi connectivity index (χ3v) is 7.75. The predicted octanol–water partition coefficient (Wildman–Crippen LogP) is 3.77. The molecule has 2 aliphatic rings. The van der Waals surface area contributed by atoms with Crippen LogP contribution in [0.2, 0.25) is 5.15 Å². The van der Waals surface area contributed by atoms with Gasteiger partial charge in [-0.15, -0.1) is 0 Å². The molecule has 2 saturated heterocycles. The van der Waals surface area contributed by atoms with Crippen molar-refractivity contribution in [1.29, 1.82) is 0 Å². The molecule has 2 atom stereocenters. The summed E-state index contributed by atoms with van der Waals surface area (Å²) in [6, 6.07) is 17.3. The zero-order valence-electron chi connectivity index (χ0n) is 19.7. The Kier molecular flexibility index (Phi) is 9.09. The second kappa shape index (κ2) is 11.7. The van der Waals surface area contributed by atoms with E-state index in [1.807, 2.05) is 32.2 Å². The van der Waals surface area contributed by atoms with Crippen molar-refractivity contribution in [2.75, 3.05) is 18.0 Å². The van der Waals surface area contributed by atoms with E-state index < -0.39 is 20.2 Å². The first kappa shape index (κ1) is 28.0. The van der Waals surface area contributed by atoms with Crippen molar-refractivity contribution >= 4 is 37.5 Å². The highest BCUT2D eigenvalue weighted by atomic mass is 35.5. The number of anilines is 1. The normalized spacial score (nSPS) is 18.6. The molecule has 0 saturated carbocycles. The first-order valence-corrected chi connectivity index (χ1v) is 14.3. The molecule has 3 heterocycles. The molecule has 0 amide bonds. The Hall–Kier alpha value is -2.54. The van der Waals surface area contributed by atoms with Gasteiger partial charge in [0.25, 0.3) is 20.2 Å². The molecular weight excluding hydrogens is 526 g/mol. The average Bonchev–Trinajstić information content (AvgIpc) is 3.16. The standard InChI is InChI=1S/C10H12ClN3.2C7H8O3S/c11-10-2-1-7(5-13-10)14-6-8-9(14)3-4-12-8;2*1-6-2-4-7(5-3-6)11(8,9)10/h1-2,5,8-9,12H,3-4,6H2;2*2-5H,1H3,(H,8,9,10)/t8-,9-;;/m1../s1. The minimum Gasteiger partial charge on any atom is -0.364 e. The van der Waals surface area contributed by atoms with E-state index in [4.69, 9.17) is 20.7 Å². The maximum Gasteiger partial charge on any atom is 0.294 e. The highest BCUT2D eigenvalue weighted by Crippen LogP contribution is 2.31. The highest BCUT2D eigenvalue weighted by Gasteiger charge is 2.41. The second-order valence-electron chi connectivity index (χ2n) is 8.48. The fourth-order valence-corrected chi connectivity index (χ4v) is 4.85. The van der Waals surface area contributed by atoms with Crippen LogP contribution in [0.1, 0.15) is 17.5 Å². The van der Waals surface area contributed by atoms with Crippen LogP contribution in [-0.2, 0) is 20.2 Å². The molecule has 2 aromatic carbocycles. The van der Waals surface area contributed by atoms with E-state index in [2.05, 4.69) is 15.2 Å². The van der Waals surface area contributed by atoms with Crippen molar-refractivity contribution in [3.05, 3.63) is 83.1 Å². The molecule has 0 radical (unpaired) electrons. The summed E-state index contributed by atoms with van der Waals surface area (Å²) in [6.45, 7) is 5.93. The van der Waals surface area contributed by atoms with Crippen molar-refractivity contribution < 1.29 is 25.9 Å². The predicted molar refractivity (Wildman–Crippen MR) is 139 cm³/mol. The summed E-state index contributed by atoms with van der Waals surface area (Å²) >= 11 is 5.75. The van der Waals surface area contributed by atoms with Crippen molar-refractivity contribution in [3.63, 3.8) is 0 Å². The number of aromatic nitrogens is 1. The molecule has 9 nitrogen and oxygen atoms in total. The Morgan fingerprint density at radius 3 is 1.75 bits per heavy atom. The van der Waals surface area contributed by atoms with Gasteiger partial charge >= 0.3 is 0 Å². The minimum atomic E-state index is -4.02. The number of benzene rings is 2. The van der Waals surface area contributed by atoms with Gasteiger partial charge in [0.2, 0.25) is 0 Å². The van der Waals surface area contributed by atoms with Gasteiger partial charge in [-0.05, 0) is 63.2 Å². The maximum absolute atomic E-state index is 10.5. The summed E-state index contributed by atoms with van der Waals surface area (Å²) in [6.07, 6.45) is 3.10. The number of aryl methyl sites for hydroxylation is 2. The van der Waals surface area contributed by atoms with E-state index in [0.717, 1.165) is 24.2 Å². The molecule has 2 fully saturated rings. The molecule has 12 heteroatoms. The summed E-state index contributed by atoms with van der Waals surface area (Å²) < 4.78 is 59.1. The lowest BCUT2D eigenvalue weighted by atomic mass is 9.97. The van der Waals surface area contributed by atoms with E-state index >= 15 is 0 Å². The third kappa shape index (κ3) is 7.73. The quantitative estimate of drug-likeness (QED) is 0.327. The van der Waals surface area contributed by atoms with Gasteiger partial charge < -0.3 is 10.2 Å². The summed E-state index contributed by atoms with van der Waals surface area (Å²) in [5, 5.41) is 4.04. The molecular formula is C24H28ClN3O6S2. The molecule has 3 N–H and O–H groups in total. The minimum absolute atomic E-state index is 0.0666. The van der Waals surface area contributed by atoms with Gasteiger partial charge in [-0.3, -0.25) is 9.11 Å².